The number of rotatable bonds is 5. The third-order valence-corrected chi connectivity index (χ3v) is 5.04. The minimum absolute atomic E-state index is 0.114. The number of ether oxygens (including phenoxy) is 2. The third-order valence-electron chi connectivity index (χ3n) is 3.66. The predicted octanol–water partition coefficient (Wildman–Crippen LogP) is 3.50. The summed E-state index contributed by atoms with van der Waals surface area (Å²) < 4.78 is 11.1. The smallest absolute Gasteiger partial charge is 0.266 e. The molecule has 0 atom stereocenters. The van der Waals surface area contributed by atoms with Gasteiger partial charge in [0.2, 0.25) is 0 Å². The number of hydrogen-bond donors (Lipinski definition) is 0. The van der Waals surface area contributed by atoms with Crippen LogP contribution in [-0.4, -0.2) is 34.3 Å². The molecule has 1 aliphatic rings. The van der Waals surface area contributed by atoms with Gasteiger partial charge < -0.3 is 9.47 Å². The number of thioether (sulfide) groups is 1. The Labute approximate surface area is 155 Å². The summed E-state index contributed by atoms with van der Waals surface area (Å²) in [7, 11) is 3.18. The lowest BCUT2D eigenvalue weighted by Crippen LogP contribution is -2.27. The lowest BCUT2D eigenvalue weighted by molar-refractivity contribution is -0.122. The van der Waals surface area contributed by atoms with E-state index in [9.17, 15) is 4.79 Å². The van der Waals surface area contributed by atoms with Crippen LogP contribution in [-0.2, 0) is 11.3 Å². The number of nitrogens with zero attached hydrogens (tertiary/aromatic N) is 2. The molecule has 1 aliphatic heterocycles. The first-order chi connectivity index (χ1) is 12.1. The first kappa shape index (κ1) is 17.4. The molecular formula is C18H16N2O3S2. The fourth-order valence-corrected chi connectivity index (χ4v) is 3.64. The molecule has 1 aromatic carbocycles. The average molecular weight is 372 g/mol. The van der Waals surface area contributed by atoms with Gasteiger partial charge in [-0.1, -0.05) is 30.0 Å². The molecule has 7 heteroatoms. The summed E-state index contributed by atoms with van der Waals surface area (Å²) in [4.78, 5) is 18.9. The molecule has 0 spiro atoms. The van der Waals surface area contributed by atoms with Crippen molar-refractivity contribution in [3.8, 4) is 11.5 Å². The summed E-state index contributed by atoms with van der Waals surface area (Å²) in [6.45, 7) is 0.412. The van der Waals surface area contributed by atoms with Gasteiger partial charge in [-0.05, 0) is 29.8 Å². The number of carbonyl (C=O) groups excluding carboxylic acids is 1. The van der Waals surface area contributed by atoms with Crippen molar-refractivity contribution in [2.45, 2.75) is 6.54 Å². The van der Waals surface area contributed by atoms with Crippen LogP contribution in [0.2, 0.25) is 0 Å². The molecule has 2 aromatic rings. The van der Waals surface area contributed by atoms with E-state index in [2.05, 4.69) is 4.98 Å². The second-order valence-electron chi connectivity index (χ2n) is 5.24. The molecule has 0 aliphatic carbocycles. The zero-order chi connectivity index (χ0) is 17.8. The molecule has 5 nitrogen and oxygen atoms in total. The van der Waals surface area contributed by atoms with Crippen LogP contribution >= 0.6 is 24.0 Å². The van der Waals surface area contributed by atoms with Gasteiger partial charge in [0.05, 0.1) is 25.7 Å². The lowest BCUT2D eigenvalue weighted by Gasteiger charge is -2.14. The van der Waals surface area contributed by atoms with Crippen molar-refractivity contribution < 1.29 is 14.3 Å². The van der Waals surface area contributed by atoms with Gasteiger partial charge in [0.25, 0.3) is 5.91 Å². The molecule has 1 amide bonds. The summed E-state index contributed by atoms with van der Waals surface area (Å²) in [6.07, 6.45) is 5.22. The molecule has 0 N–H and O–H groups in total. The van der Waals surface area contributed by atoms with E-state index in [1.54, 1.807) is 43.7 Å². The molecule has 0 saturated carbocycles. The Balaban J connectivity index is 1.85. The number of hydrogen-bond acceptors (Lipinski definition) is 6. The van der Waals surface area contributed by atoms with Crippen LogP contribution in [0.1, 0.15) is 11.1 Å². The zero-order valence-electron chi connectivity index (χ0n) is 13.8. The highest BCUT2D eigenvalue weighted by molar-refractivity contribution is 8.26. The van der Waals surface area contributed by atoms with Crippen molar-refractivity contribution in [2.75, 3.05) is 14.2 Å². The van der Waals surface area contributed by atoms with Crippen LogP contribution in [0.3, 0.4) is 0 Å². The number of thiocarbonyl (C=S) groups is 1. The van der Waals surface area contributed by atoms with E-state index in [0.29, 0.717) is 27.3 Å². The largest absolute Gasteiger partial charge is 0.497 e. The van der Waals surface area contributed by atoms with Crippen molar-refractivity contribution in [3.05, 3.63) is 58.8 Å². The van der Waals surface area contributed by atoms with Crippen molar-refractivity contribution in [1.82, 2.24) is 9.88 Å². The number of carbonyl (C=O) groups is 1. The van der Waals surface area contributed by atoms with Crippen molar-refractivity contribution >= 4 is 40.3 Å². The minimum atomic E-state index is -0.114. The first-order valence-electron chi connectivity index (χ1n) is 7.48. The maximum atomic E-state index is 12.7. The third kappa shape index (κ3) is 3.83. The van der Waals surface area contributed by atoms with Crippen LogP contribution in [0.5, 0.6) is 11.5 Å². The van der Waals surface area contributed by atoms with Crippen molar-refractivity contribution in [2.24, 2.45) is 0 Å². The monoisotopic (exact) mass is 372 g/mol. The van der Waals surface area contributed by atoms with E-state index in [-0.39, 0.29) is 5.91 Å². The molecule has 1 aromatic heterocycles. The topological polar surface area (TPSA) is 51.7 Å². The van der Waals surface area contributed by atoms with Crippen molar-refractivity contribution in [1.29, 1.82) is 0 Å². The summed E-state index contributed by atoms with van der Waals surface area (Å²) in [5, 5.41) is 0. The van der Waals surface area contributed by atoms with Crippen LogP contribution in [0.15, 0.2) is 47.6 Å². The summed E-state index contributed by atoms with van der Waals surface area (Å²) in [5.41, 5.74) is 1.73. The Morgan fingerprint density at radius 2 is 2.12 bits per heavy atom. The SMILES string of the molecule is COc1ccc(C=C2SC(=S)N(Cc3cccnc3)C2=O)c(OC)c1. The van der Waals surface area contributed by atoms with E-state index in [0.717, 1.165) is 11.1 Å². The fraction of sp³-hybridized carbons (Fsp3) is 0.167. The maximum absolute atomic E-state index is 12.7. The van der Waals surface area contributed by atoms with Gasteiger partial charge >= 0.3 is 0 Å². The number of amides is 1. The molecular weight excluding hydrogens is 356 g/mol. The normalized spacial score (nSPS) is 15.8. The van der Waals surface area contributed by atoms with Crippen LogP contribution in [0, 0.1) is 0 Å². The predicted molar refractivity (Wildman–Crippen MR) is 102 cm³/mol. The number of methoxy groups -OCH3 is 2. The average Bonchev–Trinajstić information content (AvgIpc) is 2.90. The van der Waals surface area contributed by atoms with E-state index in [1.807, 2.05) is 24.3 Å². The highest BCUT2D eigenvalue weighted by Crippen LogP contribution is 2.35. The highest BCUT2D eigenvalue weighted by Gasteiger charge is 2.32. The van der Waals surface area contributed by atoms with Crippen molar-refractivity contribution in [3.63, 3.8) is 0 Å². The summed E-state index contributed by atoms with van der Waals surface area (Å²) >= 11 is 6.65. The second kappa shape index (κ2) is 7.67. The molecule has 1 fully saturated rings. The van der Waals surface area contributed by atoms with Gasteiger partial charge in [-0.2, -0.15) is 0 Å². The first-order valence-corrected chi connectivity index (χ1v) is 8.71. The van der Waals surface area contributed by atoms with E-state index in [1.165, 1.54) is 11.8 Å². The Bertz CT molecular complexity index is 837. The van der Waals surface area contributed by atoms with Gasteiger partial charge in [-0.15, -0.1) is 0 Å². The van der Waals surface area contributed by atoms with Gasteiger partial charge in [-0.3, -0.25) is 14.7 Å². The minimum Gasteiger partial charge on any atom is -0.497 e. The Kier molecular flexibility index (Phi) is 5.35. The summed E-state index contributed by atoms with van der Waals surface area (Å²) in [6, 6.07) is 9.21. The Morgan fingerprint density at radius 3 is 2.80 bits per heavy atom. The molecule has 1 saturated heterocycles. The van der Waals surface area contributed by atoms with Crippen LogP contribution in [0.4, 0.5) is 0 Å². The molecule has 2 heterocycles. The van der Waals surface area contributed by atoms with Crippen LogP contribution in [0.25, 0.3) is 6.08 Å². The standard InChI is InChI=1S/C18H16N2O3S2/c1-22-14-6-5-13(15(9-14)23-2)8-16-17(21)20(18(24)25-16)11-12-4-3-7-19-10-12/h3-10H,11H2,1-2H3. The van der Waals surface area contributed by atoms with E-state index < -0.39 is 0 Å². The zero-order valence-corrected chi connectivity index (χ0v) is 15.4. The Hall–Kier alpha value is -2.38. The fourth-order valence-electron chi connectivity index (χ4n) is 2.39. The number of aromatic nitrogens is 1. The molecule has 0 unspecified atom stereocenters. The summed E-state index contributed by atoms with van der Waals surface area (Å²) in [5.74, 6) is 1.21. The molecule has 3 rings (SSSR count). The van der Waals surface area contributed by atoms with E-state index >= 15 is 0 Å². The van der Waals surface area contributed by atoms with Gasteiger partial charge in [-0.25, -0.2) is 0 Å². The number of pyridine rings is 1. The molecule has 0 bridgehead atoms. The molecule has 128 valence electrons. The van der Waals surface area contributed by atoms with Gasteiger partial charge in [0, 0.05) is 24.0 Å². The Morgan fingerprint density at radius 1 is 1.28 bits per heavy atom. The lowest BCUT2D eigenvalue weighted by atomic mass is 10.1. The van der Waals surface area contributed by atoms with Gasteiger partial charge in [0.15, 0.2) is 0 Å². The second-order valence-corrected chi connectivity index (χ2v) is 6.91. The highest BCUT2D eigenvalue weighted by atomic mass is 32.2. The van der Waals surface area contributed by atoms with E-state index in [4.69, 9.17) is 21.7 Å². The quantitative estimate of drug-likeness (QED) is 0.591. The molecule has 25 heavy (non-hydrogen) atoms. The van der Waals surface area contributed by atoms with Crippen LogP contribution < -0.4 is 9.47 Å². The molecule has 0 radical (unpaired) electrons. The van der Waals surface area contributed by atoms with Gasteiger partial charge in [0.1, 0.15) is 15.8 Å². The number of benzene rings is 1. The maximum Gasteiger partial charge on any atom is 0.266 e.